The number of unbranched alkanes of at least 4 members (excludes halogenated alkanes) is 6. The van der Waals surface area contributed by atoms with E-state index in [1.54, 1.807) is 0 Å². The molecule has 0 aliphatic carbocycles. The van der Waals surface area contributed by atoms with Crippen LogP contribution in [0.15, 0.2) is 0 Å². The Kier molecular flexibility index (Phi) is 18.5. The normalized spacial score (nSPS) is 23.1. The number of quaternary nitrogens is 1. The number of rotatable bonds is 24. The monoisotopic (exact) mass is 617 g/mol. The van der Waals surface area contributed by atoms with Crippen molar-refractivity contribution in [3.05, 3.63) is 0 Å². The van der Waals surface area contributed by atoms with Crippen LogP contribution < -0.4 is 27.5 Å². The molecule has 14 heteroatoms. The molecule has 2 heterocycles. The van der Waals surface area contributed by atoms with Crippen molar-refractivity contribution in [2.75, 3.05) is 121 Å². The zero-order valence-corrected chi connectivity index (χ0v) is 28.2. The number of hydrogen-bond donors (Lipinski definition) is 5. The van der Waals surface area contributed by atoms with Gasteiger partial charge in [0.2, 0.25) is 0 Å². The zero-order chi connectivity index (χ0) is 31.6. The summed E-state index contributed by atoms with van der Waals surface area (Å²) in [6, 6.07) is 0. The van der Waals surface area contributed by atoms with Gasteiger partial charge in [-0.25, -0.2) is 0 Å². The Morgan fingerprint density at radius 3 is 2.00 bits per heavy atom. The minimum atomic E-state index is -2.13. The van der Waals surface area contributed by atoms with Crippen LogP contribution in [0, 0.1) is 0 Å². The molecule has 2 aliphatic heterocycles. The van der Waals surface area contributed by atoms with Crippen molar-refractivity contribution < 1.29 is 28.1 Å². The van der Waals surface area contributed by atoms with Crippen LogP contribution in [0.1, 0.15) is 51.4 Å². The lowest BCUT2D eigenvalue weighted by molar-refractivity contribution is -0.869. The minimum Gasteiger partial charge on any atom is -0.517 e. The van der Waals surface area contributed by atoms with Gasteiger partial charge in [-0.3, -0.25) is 25.8 Å². The van der Waals surface area contributed by atoms with Gasteiger partial charge in [0.25, 0.3) is 0 Å². The number of guanidine groups is 1. The maximum atomic E-state index is 6.35. The molecule has 43 heavy (non-hydrogen) atoms. The SMILES string of the molecule is C[NH+]=C(N)NCCCCCCN(CCCCCCN)CC1CO[B-]2(OCC(CN(C)CN(CCN)CC[N+](C)(C)C)O2)O1. The first-order valence-corrected chi connectivity index (χ1v) is 16.7. The third-order valence-electron chi connectivity index (χ3n) is 8.06. The molecule has 0 amide bonds. The topological polar surface area (TPSA) is 151 Å². The van der Waals surface area contributed by atoms with E-state index in [0.717, 1.165) is 89.3 Å². The predicted octanol–water partition coefficient (Wildman–Crippen LogP) is -1.89. The van der Waals surface area contributed by atoms with Crippen molar-refractivity contribution in [1.82, 2.24) is 20.0 Å². The van der Waals surface area contributed by atoms with Gasteiger partial charge in [0.05, 0.1) is 47.9 Å². The summed E-state index contributed by atoms with van der Waals surface area (Å²) < 4.78 is 25.7. The first-order chi connectivity index (χ1) is 20.6. The number of hydrogen-bond acceptors (Lipinski definition) is 9. The molecule has 0 radical (unpaired) electrons. The van der Waals surface area contributed by atoms with E-state index in [-0.39, 0.29) is 12.2 Å². The van der Waals surface area contributed by atoms with Crippen LogP contribution in [0.25, 0.3) is 0 Å². The Morgan fingerprint density at radius 1 is 0.814 bits per heavy atom. The van der Waals surface area contributed by atoms with E-state index in [1.807, 2.05) is 7.05 Å². The van der Waals surface area contributed by atoms with Crippen molar-refractivity contribution in [2.45, 2.75) is 63.6 Å². The van der Waals surface area contributed by atoms with Crippen LogP contribution in [0.4, 0.5) is 0 Å². The van der Waals surface area contributed by atoms with E-state index in [9.17, 15) is 0 Å². The summed E-state index contributed by atoms with van der Waals surface area (Å²) in [5.41, 5.74) is 17.3. The quantitative estimate of drug-likeness (QED) is 0.0207. The number of nitrogens with two attached hydrogens (primary N) is 3. The number of nitrogens with one attached hydrogen (secondary N) is 2. The summed E-state index contributed by atoms with van der Waals surface area (Å²) in [4.78, 5) is 10.1. The van der Waals surface area contributed by atoms with Crippen molar-refractivity contribution >= 4 is 12.9 Å². The fourth-order valence-electron chi connectivity index (χ4n) is 5.59. The van der Waals surface area contributed by atoms with Gasteiger partial charge in [-0.2, -0.15) is 0 Å². The largest absolute Gasteiger partial charge is 0.531 e. The third-order valence-corrected chi connectivity index (χ3v) is 8.06. The summed E-state index contributed by atoms with van der Waals surface area (Å²) in [6.07, 6.45) is 9.17. The maximum absolute atomic E-state index is 6.35. The lowest BCUT2D eigenvalue weighted by Crippen LogP contribution is -2.74. The molecule has 3 atom stereocenters. The Hall–Kier alpha value is -1.07. The van der Waals surface area contributed by atoms with E-state index in [0.29, 0.717) is 25.7 Å². The Labute approximate surface area is 262 Å². The van der Waals surface area contributed by atoms with Crippen molar-refractivity contribution in [3.8, 4) is 0 Å². The summed E-state index contributed by atoms with van der Waals surface area (Å²) in [5, 5.41) is 3.19. The van der Waals surface area contributed by atoms with Gasteiger partial charge in [-0.05, 0) is 52.4 Å². The van der Waals surface area contributed by atoms with Crippen LogP contribution in [0.5, 0.6) is 0 Å². The predicted molar refractivity (Wildman–Crippen MR) is 175 cm³/mol. The highest BCUT2D eigenvalue weighted by Crippen LogP contribution is 2.29. The van der Waals surface area contributed by atoms with Crippen LogP contribution in [-0.2, 0) is 18.6 Å². The average Bonchev–Trinajstić information content (AvgIpc) is 3.54. The summed E-state index contributed by atoms with van der Waals surface area (Å²) in [7, 11) is 10.6. The lowest BCUT2D eigenvalue weighted by Gasteiger charge is -2.33. The van der Waals surface area contributed by atoms with Crippen molar-refractivity contribution in [3.63, 3.8) is 0 Å². The van der Waals surface area contributed by atoms with Gasteiger partial charge >= 0.3 is 12.9 Å². The Morgan fingerprint density at radius 2 is 1.42 bits per heavy atom. The first-order valence-electron chi connectivity index (χ1n) is 16.7. The highest BCUT2D eigenvalue weighted by Gasteiger charge is 2.47. The molecule has 13 nitrogen and oxygen atoms in total. The second-order valence-electron chi connectivity index (χ2n) is 13.4. The van der Waals surface area contributed by atoms with Crippen LogP contribution >= 0.6 is 0 Å². The smallest absolute Gasteiger partial charge is 0.517 e. The highest BCUT2D eigenvalue weighted by molar-refractivity contribution is 6.54. The fourth-order valence-corrected chi connectivity index (χ4v) is 5.59. The van der Waals surface area contributed by atoms with E-state index >= 15 is 0 Å². The molecule has 0 aromatic heterocycles. The average molecular weight is 617 g/mol. The molecule has 0 saturated carbocycles. The summed E-state index contributed by atoms with van der Waals surface area (Å²) >= 11 is 0. The highest BCUT2D eigenvalue weighted by atomic mass is 16.9. The van der Waals surface area contributed by atoms with Gasteiger partial charge in [0, 0.05) is 58.1 Å². The molecular formula is C29H67BN9O4+. The van der Waals surface area contributed by atoms with Gasteiger partial charge < -0.3 is 39.5 Å². The van der Waals surface area contributed by atoms with E-state index in [4.69, 9.17) is 35.8 Å². The number of nitrogens with zero attached hydrogens (tertiary/aromatic N) is 4. The summed E-state index contributed by atoms with van der Waals surface area (Å²) in [5.74, 6) is 0.632. The van der Waals surface area contributed by atoms with Crippen LogP contribution in [0.2, 0.25) is 0 Å². The molecule has 2 rings (SSSR count). The number of likely N-dealkylation sites (N-methyl/N-ethyl adjacent to an activating group) is 2. The molecule has 3 unspecified atom stereocenters. The van der Waals surface area contributed by atoms with Crippen LogP contribution in [0.3, 0.4) is 0 Å². The van der Waals surface area contributed by atoms with Gasteiger partial charge in [-0.15, -0.1) is 0 Å². The molecule has 0 aromatic carbocycles. The molecule has 0 aromatic rings. The molecule has 2 saturated heterocycles. The van der Waals surface area contributed by atoms with E-state index in [1.165, 1.54) is 32.1 Å². The van der Waals surface area contributed by atoms with Crippen molar-refractivity contribution in [1.29, 1.82) is 0 Å². The molecule has 0 bridgehead atoms. The Bertz CT molecular complexity index is 764. The minimum absolute atomic E-state index is 0.0552. The lowest BCUT2D eigenvalue weighted by atomic mass is 10.1. The fraction of sp³-hybridized carbons (Fsp3) is 0.966. The van der Waals surface area contributed by atoms with E-state index < -0.39 is 6.96 Å². The molecule has 254 valence electrons. The molecular weight excluding hydrogens is 549 g/mol. The van der Waals surface area contributed by atoms with Gasteiger partial charge in [-0.1, -0.05) is 25.7 Å². The second-order valence-corrected chi connectivity index (χ2v) is 13.4. The van der Waals surface area contributed by atoms with E-state index in [2.05, 4.69) is 53.2 Å². The molecule has 2 aliphatic rings. The van der Waals surface area contributed by atoms with Gasteiger partial charge in [0.1, 0.15) is 0 Å². The van der Waals surface area contributed by atoms with Crippen molar-refractivity contribution in [2.24, 2.45) is 17.2 Å². The Balaban J connectivity index is 1.77. The molecule has 8 N–H and O–H groups in total. The first kappa shape index (κ1) is 38.1. The second kappa shape index (κ2) is 20.9. The maximum Gasteiger partial charge on any atom is 0.531 e. The standard InChI is InChI=1S/C29H66BN9O4/c1-34-29(33)35-16-11-7-9-13-18-37(17-12-8-6-10-14-31)23-28-25-41-30(43-28)40-24-27(42-30)22-36(2)26-38(19-15-32)20-21-39(3,4)5/h27-28H,6-26,31-32H2,1-5H3,(H3,33,34,35)/p+1. The summed E-state index contributed by atoms with van der Waals surface area (Å²) in [6.45, 7) is 8.62. The van der Waals surface area contributed by atoms with Gasteiger partial charge in [0.15, 0.2) is 0 Å². The van der Waals surface area contributed by atoms with Crippen LogP contribution in [-0.4, -0.2) is 165 Å². The molecule has 1 spiro atoms. The molecule has 2 fully saturated rings. The third kappa shape index (κ3) is 16.7. The zero-order valence-electron chi connectivity index (χ0n) is 28.2.